The van der Waals surface area contributed by atoms with Gasteiger partial charge < -0.3 is 5.53 Å². The number of allylic oxidation sites excluding steroid dienone is 2. The van der Waals surface area contributed by atoms with Crippen LogP contribution in [0.3, 0.4) is 0 Å². The Morgan fingerprint density at radius 2 is 0.541 bits per heavy atom. The summed E-state index contributed by atoms with van der Waals surface area (Å²) in [5.74, 6) is 14.2. The van der Waals surface area contributed by atoms with Crippen molar-refractivity contribution in [2.45, 2.75) is 336 Å². The van der Waals surface area contributed by atoms with E-state index in [0.29, 0.717) is 0 Å². The minimum Gasteiger partial charge on any atom is -0.493 e. The first-order valence-electron chi connectivity index (χ1n) is 32.7. The van der Waals surface area contributed by atoms with Crippen LogP contribution in [0.25, 0.3) is 16.9 Å². The van der Waals surface area contributed by atoms with Gasteiger partial charge in [-0.15, -0.1) is 23.7 Å². The topological polar surface area (TPSA) is 25.3 Å². The maximum Gasteiger partial charge on any atom is 0.211 e. The monoisotopic (exact) mass is 1010 g/mol. The van der Waals surface area contributed by atoms with Gasteiger partial charge in [0.1, 0.15) is 0 Å². The third-order valence-corrected chi connectivity index (χ3v) is 16.1. The van der Waals surface area contributed by atoms with Crippen LogP contribution < -0.4 is 0 Å². The van der Waals surface area contributed by atoms with Crippen molar-refractivity contribution in [3.05, 3.63) is 87.5 Å². The first-order valence-corrected chi connectivity index (χ1v) is 32.7. The molecule has 2 nitrogen and oxygen atoms in total. The normalized spacial score (nSPS) is 12.5. The number of aryl methyl sites for hydroxylation is 2. The van der Waals surface area contributed by atoms with Crippen LogP contribution in [-0.2, 0) is 12.8 Å². The lowest BCUT2D eigenvalue weighted by Gasteiger charge is -2.14. The van der Waals surface area contributed by atoms with Crippen molar-refractivity contribution in [3.63, 3.8) is 0 Å². The molecule has 3 rings (SSSR count). The van der Waals surface area contributed by atoms with E-state index in [1.807, 2.05) is 0 Å². The van der Waals surface area contributed by atoms with Crippen molar-refractivity contribution in [2.75, 3.05) is 0 Å². The van der Waals surface area contributed by atoms with E-state index in [-0.39, 0.29) is 0 Å². The highest BCUT2D eigenvalue weighted by Gasteiger charge is 2.36. The molecule has 414 valence electrons. The van der Waals surface area contributed by atoms with Crippen molar-refractivity contribution in [1.82, 2.24) is 0 Å². The van der Waals surface area contributed by atoms with Crippen molar-refractivity contribution in [2.24, 2.45) is 0 Å². The van der Waals surface area contributed by atoms with Crippen LogP contribution in [0.4, 0.5) is 0 Å². The summed E-state index contributed by atoms with van der Waals surface area (Å²) in [5.41, 5.74) is 22.3. The molecule has 74 heavy (non-hydrogen) atoms. The molecule has 2 aromatic carbocycles. The van der Waals surface area contributed by atoms with E-state index in [0.717, 1.165) is 82.0 Å². The Balaban J connectivity index is 1.47. The molecule has 0 bridgehead atoms. The average molecular weight is 1010 g/mol. The van der Waals surface area contributed by atoms with Crippen LogP contribution in [-0.4, -0.2) is 4.70 Å². The molecule has 2 aromatic rings. The van der Waals surface area contributed by atoms with E-state index >= 15 is 0 Å². The quantitative estimate of drug-likeness (QED) is 0.0359. The van der Waals surface area contributed by atoms with Crippen molar-refractivity contribution in [3.8, 4) is 23.7 Å². The van der Waals surface area contributed by atoms with E-state index in [2.05, 4.69) is 99.9 Å². The first kappa shape index (κ1) is 64.9. The molecule has 0 spiro atoms. The predicted octanol–water partition coefficient (Wildman–Crippen LogP) is 24.0. The number of hydrogen-bond donors (Lipinski definition) is 0. The lowest BCUT2D eigenvalue weighted by atomic mass is 9.89. The molecule has 0 unspecified atom stereocenters. The maximum absolute atomic E-state index is 12.6. The van der Waals surface area contributed by atoms with Crippen molar-refractivity contribution in [1.29, 1.82) is 0 Å². The molecule has 0 N–H and O–H groups in total. The lowest BCUT2D eigenvalue weighted by Crippen LogP contribution is -2.06. The van der Waals surface area contributed by atoms with Gasteiger partial charge in [0.25, 0.3) is 0 Å². The summed E-state index contributed by atoms with van der Waals surface area (Å²) < 4.78 is 1.62. The number of unbranched alkanes of at least 4 members (excludes halogenated alkanes) is 38. The highest BCUT2D eigenvalue weighted by molar-refractivity contribution is 5.83. The summed E-state index contributed by atoms with van der Waals surface area (Å²) in [6.45, 7) is 9.20. The van der Waals surface area contributed by atoms with Crippen LogP contribution in [0.2, 0.25) is 0 Å². The Morgan fingerprint density at radius 3 is 0.865 bits per heavy atom. The van der Waals surface area contributed by atoms with Gasteiger partial charge in [0.15, 0.2) is 0 Å². The summed E-state index contributed by atoms with van der Waals surface area (Å²) >= 11 is 0. The molecule has 1 heterocycles. The molecule has 0 fully saturated rings. The van der Waals surface area contributed by atoms with Gasteiger partial charge in [-0.2, -0.15) is 0 Å². The lowest BCUT2D eigenvalue weighted by molar-refractivity contribution is -0.345. The molecule has 1 aliphatic rings. The van der Waals surface area contributed by atoms with E-state index in [1.54, 1.807) is 4.70 Å². The van der Waals surface area contributed by atoms with Crippen molar-refractivity contribution >= 4 is 11.4 Å². The summed E-state index contributed by atoms with van der Waals surface area (Å²) in [6, 6.07) is 17.7. The SMILES string of the molecule is CCCCCCCCCCCCCCCCCCCC#CCCc1ccccc1C1=C(CCCC)C(CCCCCC)=C(c2ccccc2CCC#CCCCCCCCCCCCCCCCCCCC)[N+]1=[N-]. The van der Waals surface area contributed by atoms with Gasteiger partial charge >= 0.3 is 0 Å². The molecule has 0 saturated carbocycles. The Labute approximate surface area is 460 Å². The fourth-order valence-electron chi connectivity index (χ4n) is 11.4. The summed E-state index contributed by atoms with van der Waals surface area (Å²) in [6.07, 6.45) is 62.4. The zero-order valence-corrected chi connectivity index (χ0v) is 49.5. The van der Waals surface area contributed by atoms with Crippen LogP contribution >= 0.6 is 0 Å². The Morgan fingerprint density at radius 1 is 0.284 bits per heavy atom. The van der Waals surface area contributed by atoms with Crippen LogP contribution in [0.15, 0.2) is 59.7 Å². The van der Waals surface area contributed by atoms with Gasteiger partial charge in [0.2, 0.25) is 11.4 Å². The number of hydrogen-bond acceptors (Lipinski definition) is 0. The second-order valence-corrected chi connectivity index (χ2v) is 22.7. The van der Waals surface area contributed by atoms with Gasteiger partial charge in [-0.3, -0.25) is 0 Å². The second-order valence-electron chi connectivity index (χ2n) is 22.7. The van der Waals surface area contributed by atoms with Gasteiger partial charge in [0.05, 0.1) is 0 Å². The van der Waals surface area contributed by atoms with Crippen LogP contribution in [0, 0.1) is 23.7 Å². The molecule has 0 saturated heterocycles. The molecule has 0 aromatic heterocycles. The molecule has 0 aliphatic carbocycles. The minimum atomic E-state index is 0.854. The van der Waals surface area contributed by atoms with E-state index in [4.69, 9.17) is 0 Å². The van der Waals surface area contributed by atoms with Gasteiger partial charge in [0, 0.05) is 48.0 Å². The minimum absolute atomic E-state index is 0.854. The summed E-state index contributed by atoms with van der Waals surface area (Å²) in [7, 11) is 0. The van der Waals surface area contributed by atoms with Crippen molar-refractivity contribution < 1.29 is 4.70 Å². The molecule has 1 aliphatic heterocycles. The van der Waals surface area contributed by atoms with Crippen LogP contribution in [0.1, 0.15) is 345 Å². The van der Waals surface area contributed by atoms with Crippen LogP contribution in [0.5, 0.6) is 0 Å². The second kappa shape index (κ2) is 46.9. The highest BCUT2D eigenvalue weighted by atomic mass is 15.2. The Bertz CT molecular complexity index is 1890. The molecular formula is C72H116N2. The van der Waals surface area contributed by atoms with E-state index < -0.39 is 0 Å². The summed E-state index contributed by atoms with van der Waals surface area (Å²) in [5, 5.41) is 0. The number of rotatable bonds is 48. The molecule has 0 atom stereocenters. The fraction of sp³-hybridized carbons (Fsp3) is 0.722. The molecule has 2 heteroatoms. The smallest absolute Gasteiger partial charge is 0.211 e. The zero-order chi connectivity index (χ0) is 52.6. The zero-order valence-electron chi connectivity index (χ0n) is 49.5. The summed E-state index contributed by atoms with van der Waals surface area (Å²) in [4.78, 5) is 0. The first-order chi connectivity index (χ1) is 36.7. The molecule has 0 amide bonds. The standard InChI is InChI=1S/C72H116N2/c1-5-9-13-16-18-20-22-24-26-28-30-32-34-36-38-40-42-44-46-48-50-57-65-59-53-55-62-67(65)71-69(61-12-8-4)70(64-52-15-11-7-3)72(74(71)73)68-63-56-54-60-66(68)58-51-49-47-45-43-41-39-37-35-33-31-29-27-25-23-21-19-17-14-10-6-2/h53-56,59-60,62-63H,5-45,50-52,57-58,61,64H2,1-4H3. The Kier molecular flexibility index (Phi) is 41.2. The van der Waals surface area contributed by atoms with Gasteiger partial charge in [-0.05, 0) is 74.6 Å². The number of nitrogens with zero attached hydrogens (tertiary/aromatic N) is 2. The fourth-order valence-corrected chi connectivity index (χ4v) is 11.4. The van der Waals surface area contributed by atoms with E-state index in [1.165, 1.54) is 271 Å². The van der Waals surface area contributed by atoms with Gasteiger partial charge in [-0.1, -0.05) is 295 Å². The molecule has 0 radical (unpaired) electrons. The average Bonchev–Trinajstić information content (AvgIpc) is 3.69. The van der Waals surface area contributed by atoms with Gasteiger partial charge in [-0.25, -0.2) is 4.70 Å². The highest BCUT2D eigenvalue weighted by Crippen LogP contribution is 2.46. The molecular weight excluding hydrogens is 893 g/mol. The van der Waals surface area contributed by atoms with E-state index in [9.17, 15) is 5.53 Å². The number of benzene rings is 2. The third-order valence-electron chi connectivity index (χ3n) is 16.1. The maximum atomic E-state index is 12.6. The predicted molar refractivity (Wildman–Crippen MR) is 328 cm³/mol. The third kappa shape index (κ3) is 29.8. The Hall–Kier alpha value is -3.36. The largest absolute Gasteiger partial charge is 0.493 e.